The third kappa shape index (κ3) is 6.17. The minimum atomic E-state index is -3.73. The van der Waals surface area contributed by atoms with Gasteiger partial charge in [-0.2, -0.15) is 4.31 Å². The molecule has 0 atom stereocenters. The fourth-order valence-corrected chi connectivity index (χ4v) is 5.43. The van der Waals surface area contributed by atoms with Crippen LogP contribution in [0.1, 0.15) is 32.6 Å². The molecule has 1 aromatic rings. The van der Waals surface area contributed by atoms with Crippen LogP contribution in [0.4, 0.5) is 0 Å². The highest BCUT2D eigenvalue weighted by Gasteiger charge is 2.27. The molecule has 2 N–H and O–H groups in total. The molecule has 0 aliphatic carbocycles. The Hall–Kier alpha value is -0.710. The van der Waals surface area contributed by atoms with Crippen molar-refractivity contribution in [2.24, 2.45) is 0 Å². The minimum Gasteiger partial charge on any atom is -0.315 e. The number of sulfonamides is 2. The average Bonchev–Trinajstić information content (AvgIpc) is 2.62. The van der Waals surface area contributed by atoms with E-state index in [9.17, 15) is 16.8 Å². The van der Waals surface area contributed by atoms with Gasteiger partial charge in [0.2, 0.25) is 20.0 Å². The zero-order valence-electron chi connectivity index (χ0n) is 15.0. The summed E-state index contributed by atoms with van der Waals surface area (Å²) in [5.41, 5.74) is 0. The van der Waals surface area contributed by atoms with E-state index < -0.39 is 20.0 Å². The van der Waals surface area contributed by atoms with Gasteiger partial charge in [-0.15, -0.1) is 12.4 Å². The monoisotopic (exact) mass is 425 g/mol. The topological polar surface area (TPSA) is 95.6 Å². The predicted molar refractivity (Wildman–Crippen MR) is 105 cm³/mol. The third-order valence-electron chi connectivity index (χ3n) is 4.09. The Labute approximate surface area is 163 Å². The number of nitrogens with one attached hydrogen (secondary N) is 2. The van der Waals surface area contributed by atoms with Gasteiger partial charge in [0.05, 0.1) is 9.79 Å². The number of rotatable bonds is 9. The normalized spacial score (nSPS) is 16.2. The summed E-state index contributed by atoms with van der Waals surface area (Å²) in [4.78, 5) is 0.00228. The molecule has 0 unspecified atom stereocenters. The summed E-state index contributed by atoms with van der Waals surface area (Å²) in [6.07, 6.45) is 3.67. The standard InChI is InChI=1S/C16H27N3O4S2.ClH/c1-2-9-17-10-11-18-24(20,21)15-7-6-8-16(14-15)25(22,23)19-12-4-3-5-13-19;/h6-8,14,17-18H,2-5,9-13H2,1H3;1H. The molecular weight excluding hydrogens is 398 g/mol. The highest BCUT2D eigenvalue weighted by Crippen LogP contribution is 2.22. The first-order valence-corrected chi connectivity index (χ1v) is 11.6. The van der Waals surface area contributed by atoms with Crippen LogP contribution in [0.15, 0.2) is 34.1 Å². The molecule has 0 amide bonds. The molecule has 0 spiro atoms. The second kappa shape index (κ2) is 10.6. The maximum atomic E-state index is 12.7. The van der Waals surface area contributed by atoms with E-state index in [1.54, 1.807) is 0 Å². The Morgan fingerprint density at radius 3 is 2.27 bits per heavy atom. The van der Waals surface area contributed by atoms with E-state index >= 15 is 0 Å². The second-order valence-corrected chi connectivity index (χ2v) is 9.79. The van der Waals surface area contributed by atoms with E-state index in [0.29, 0.717) is 19.6 Å². The average molecular weight is 426 g/mol. The summed E-state index contributed by atoms with van der Waals surface area (Å²) in [5, 5.41) is 3.11. The first-order chi connectivity index (χ1) is 11.9. The fraction of sp³-hybridized carbons (Fsp3) is 0.625. The van der Waals surface area contributed by atoms with Crippen molar-refractivity contribution in [3.63, 3.8) is 0 Å². The molecule has 1 aliphatic heterocycles. The lowest BCUT2D eigenvalue weighted by Gasteiger charge is -2.26. The Bertz CT molecular complexity index is 763. The maximum Gasteiger partial charge on any atom is 0.243 e. The van der Waals surface area contributed by atoms with Crippen LogP contribution in [0.25, 0.3) is 0 Å². The van der Waals surface area contributed by atoms with Crippen molar-refractivity contribution >= 4 is 32.5 Å². The predicted octanol–water partition coefficient (Wildman–Crippen LogP) is 1.56. The summed E-state index contributed by atoms with van der Waals surface area (Å²) in [7, 11) is -7.38. The Morgan fingerprint density at radius 1 is 0.962 bits per heavy atom. The number of piperidine rings is 1. The van der Waals surface area contributed by atoms with E-state index in [2.05, 4.69) is 10.0 Å². The molecule has 7 nitrogen and oxygen atoms in total. The van der Waals surface area contributed by atoms with Crippen molar-refractivity contribution in [1.29, 1.82) is 0 Å². The van der Waals surface area contributed by atoms with Crippen molar-refractivity contribution in [2.45, 2.75) is 42.4 Å². The highest BCUT2D eigenvalue weighted by molar-refractivity contribution is 7.90. The summed E-state index contributed by atoms with van der Waals surface area (Å²) in [6, 6.07) is 5.58. The van der Waals surface area contributed by atoms with Crippen LogP contribution in [0.2, 0.25) is 0 Å². The van der Waals surface area contributed by atoms with Crippen molar-refractivity contribution in [3.05, 3.63) is 24.3 Å². The number of hydrogen-bond acceptors (Lipinski definition) is 5. The molecule has 1 aromatic carbocycles. The smallest absolute Gasteiger partial charge is 0.243 e. The summed E-state index contributed by atoms with van der Waals surface area (Å²) >= 11 is 0. The van der Waals surface area contributed by atoms with Crippen LogP contribution >= 0.6 is 12.4 Å². The molecule has 0 bridgehead atoms. The lowest BCUT2D eigenvalue weighted by molar-refractivity contribution is 0.346. The molecule has 10 heteroatoms. The fourth-order valence-electron chi connectivity index (χ4n) is 2.72. The van der Waals surface area contributed by atoms with Gasteiger partial charge < -0.3 is 5.32 Å². The summed E-state index contributed by atoms with van der Waals surface area (Å²) < 4.78 is 54.1. The van der Waals surface area contributed by atoms with E-state index in [-0.39, 0.29) is 28.7 Å². The lowest BCUT2D eigenvalue weighted by Crippen LogP contribution is -2.36. The molecular formula is C16H28ClN3O4S2. The number of benzene rings is 1. The Morgan fingerprint density at radius 2 is 1.62 bits per heavy atom. The molecule has 26 heavy (non-hydrogen) atoms. The molecule has 1 aliphatic rings. The number of nitrogens with zero attached hydrogens (tertiary/aromatic N) is 1. The quantitative estimate of drug-likeness (QED) is 0.585. The van der Waals surface area contributed by atoms with Crippen LogP contribution in [-0.2, 0) is 20.0 Å². The van der Waals surface area contributed by atoms with Gasteiger partial charge in [-0.3, -0.25) is 0 Å². The molecule has 150 valence electrons. The molecule has 1 saturated heterocycles. The van der Waals surface area contributed by atoms with Gasteiger partial charge in [-0.1, -0.05) is 19.4 Å². The molecule has 2 rings (SSSR count). The highest BCUT2D eigenvalue weighted by atomic mass is 35.5. The van der Waals surface area contributed by atoms with Gasteiger partial charge in [-0.05, 0) is 44.0 Å². The second-order valence-electron chi connectivity index (χ2n) is 6.09. The van der Waals surface area contributed by atoms with E-state index in [4.69, 9.17) is 0 Å². The SMILES string of the molecule is CCCNCCNS(=O)(=O)c1cccc(S(=O)(=O)N2CCCCC2)c1.Cl. The van der Waals surface area contributed by atoms with E-state index in [1.807, 2.05) is 6.92 Å². The van der Waals surface area contributed by atoms with Crippen LogP contribution < -0.4 is 10.0 Å². The van der Waals surface area contributed by atoms with Crippen LogP contribution in [0, 0.1) is 0 Å². The van der Waals surface area contributed by atoms with Crippen LogP contribution in [-0.4, -0.2) is 53.9 Å². The largest absolute Gasteiger partial charge is 0.315 e. The zero-order valence-corrected chi connectivity index (χ0v) is 17.4. The molecule has 0 saturated carbocycles. The Kier molecular flexibility index (Phi) is 9.49. The van der Waals surface area contributed by atoms with Crippen molar-refractivity contribution in [2.75, 3.05) is 32.7 Å². The van der Waals surface area contributed by atoms with Gasteiger partial charge in [0.1, 0.15) is 0 Å². The van der Waals surface area contributed by atoms with Crippen molar-refractivity contribution in [1.82, 2.24) is 14.3 Å². The third-order valence-corrected chi connectivity index (χ3v) is 7.44. The van der Waals surface area contributed by atoms with Crippen LogP contribution in [0.3, 0.4) is 0 Å². The van der Waals surface area contributed by atoms with Gasteiger partial charge in [0.15, 0.2) is 0 Å². The van der Waals surface area contributed by atoms with Gasteiger partial charge in [-0.25, -0.2) is 21.6 Å². The number of halogens is 1. The molecule has 0 radical (unpaired) electrons. The van der Waals surface area contributed by atoms with Crippen molar-refractivity contribution in [3.8, 4) is 0 Å². The van der Waals surface area contributed by atoms with E-state index in [0.717, 1.165) is 32.2 Å². The first kappa shape index (κ1) is 23.3. The maximum absolute atomic E-state index is 12.7. The molecule has 0 aromatic heterocycles. The summed E-state index contributed by atoms with van der Waals surface area (Å²) in [6.45, 7) is 4.61. The number of hydrogen-bond donors (Lipinski definition) is 2. The van der Waals surface area contributed by atoms with Crippen molar-refractivity contribution < 1.29 is 16.8 Å². The molecule has 1 heterocycles. The molecule has 1 fully saturated rings. The first-order valence-electron chi connectivity index (χ1n) is 8.68. The van der Waals surface area contributed by atoms with Crippen LogP contribution in [0.5, 0.6) is 0 Å². The van der Waals surface area contributed by atoms with Gasteiger partial charge in [0, 0.05) is 26.2 Å². The zero-order chi connectivity index (χ0) is 18.3. The summed E-state index contributed by atoms with van der Waals surface area (Å²) in [5.74, 6) is 0. The van der Waals surface area contributed by atoms with Gasteiger partial charge in [0.25, 0.3) is 0 Å². The minimum absolute atomic E-state index is 0. The Balaban J connectivity index is 0.00000338. The van der Waals surface area contributed by atoms with Gasteiger partial charge >= 0.3 is 0 Å². The lowest BCUT2D eigenvalue weighted by atomic mass is 10.2. The van der Waals surface area contributed by atoms with E-state index in [1.165, 1.54) is 28.6 Å².